The van der Waals surface area contributed by atoms with Gasteiger partial charge in [0.25, 0.3) is 0 Å². The van der Waals surface area contributed by atoms with Gasteiger partial charge in [0.15, 0.2) is 0 Å². The Morgan fingerprint density at radius 1 is 1.44 bits per heavy atom. The molecule has 0 saturated heterocycles. The van der Waals surface area contributed by atoms with Crippen LogP contribution in [-0.2, 0) is 6.54 Å². The van der Waals surface area contributed by atoms with Crippen LogP contribution in [0.4, 0.5) is 10.2 Å². The van der Waals surface area contributed by atoms with E-state index >= 15 is 0 Å². The largest absolute Gasteiger partial charge is 0.475 e. The smallest absolute Gasteiger partial charge is 0.216 e. The summed E-state index contributed by atoms with van der Waals surface area (Å²) in [6.45, 7) is 8.57. The zero-order chi connectivity index (χ0) is 18.0. The fraction of sp³-hybridized carbons (Fsp3) is 0.368. The lowest BCUT2D eigenvalue weighted by molar-refractivity contribution is 0.262. The average Bonchev–Trinajstić information content (AvgIpc) is 2.97. The molecule has 0 saturated carbocycles. The van der Waals surface area contributed by atoms with Crippen molar-refractivity contribution < 1.29 is 9.13 Å². The second-order valence-corrected chi connectivity index (χ2v) is 6.11. The molecular formula is C19H23FN4O. The Kier molecular flexibility index (Phi) is 4.88. The quantitative estimate of drug-likeness (QED) is 0.867. The highest BCUT2D eigenvalue weighted by Crippen LogP contribution is 2.40. The normalized spacial score (nSPS) is 14.4. The van der Waals surface area contributed by atoms with Gasteiger partial charge in [-0.05, 0) is 31.5 Å². The van der Waals surface area contributed by atoms with Gasteiger partial charge in [0.05, 0.1) is 6.04 Å². The van der Waals surface area contributed by atoms with Crippen LogP contribution in [0.5, 0.6) is 5.88 Å². The Morgan fingerprint density at radius 2 is 2.24 bits per heavy atom. The molecule has 1 unspecified atom stereocenters. The monoisotopic (exact) mass is 342 g/mol. The second-order valence-electron chi connectivity index (χ2n) is 6.11. The summed E-state index contributed by atoms with van der Waals surface area (Å²) in [5.74, 6) is 1.37. The third-order valence-electron chi connectivity index (χ3n) is 4.60. The summed E-state index contributed by atoms with van der Waals surface area (Å²) in [4.78, 5) is 11.0. The van der Waals surface area contributed by atoms with E-state index in [9.17, 15) is 4.39 Å². The lowest BCUT2D eigenvalue weighted by Crippen LogP contribution is -2.20. The summed E-state index contributed by atoms with van der Waals surface area (Å²) >= 11 is 0. The summed E-state index contributed by atoms with van der Waals surface area (Å²) in [5, 5.41) is 3.14. The fourth-order valence-corrected chi connectivity index (χ4v) is 3.21. The summed E-state index contributed by atoms with van der Waals surface area (Å²) in [7, 11) is 1.88. The van der Waals surface area contributed by atoms with E-state index in [0.717, 1.165) is 40.3 Å². The van der Waals surface area contributed by atoms with Gasteiger partial charge in [-0.3, -0.25) is 0 Å². The van der Waals surface area contributed by atoms with Gasteiger partial charge in [-0.25, -0.2) is 14.4 Å². The number of ether oxygens (including phenoxy) is 1. The number of hydrogen-bond acceptors (Lipinski definition) is 5. The zero-order valence-corrected chi connectivity index (χ0v) is 14.8. The third kappa shape index (κ3) is 3.16. The first-order chi connectivity index (χ1) is 12.1. The van der Waals surface area contributed by atoms with Crippen molar-refractivity contribution in [3.05, 3.63) is 53.4 Å². The predicted octanol–water partition coefficient (Wildman–Crippen LogP) is 3.72. The Labute approximate surface area is 147 Å². The van der Waals surface area contributed by atoms with Gasteiger partial charge < -0.3 is 15.0 Å². The minimum absolute atomic E-state index is 0.0285. The van der Waals surface area contributed by atoms with E-state index < -0.39 is 6.67 Å². The van der Waals surface area contributed by atoms with Crippen LogP contribution in [0.25, 0.3) is 5.70 Å². The lowest BCUT2D eigenvalue weighted by Gasteiger charge is -2.28. The van der Waals surface area contributed by atoms with E-state index in [0.29, 0.717) is 5.88 Å². The summed E-state index contributed by atoms with van der Waals surface area (Å²) < 4.78 is 17.6. The number of rotatable bonds is 6. The molecule has 1 N–H and O–H groups in total. The highest BCUT2D eigenvalue weighted by molar-refractivity contribution is 5.73. The maximum Gasteiger partial charge on any atom is 0.216 e. The van der Waals surface area contributed by atoms with Crippen LogP contribution in [-0.4, -0.2) is 35.2 Å². The van der Waals surface area contributed by atoms with E-state index in [1.54, 1.807) is 12.4 Å². The van der Waals surface area contributed by atoms with Crippen LogP contribution in [0.15, 0.2) is 31.1 Å². The molecule has 25 heavy (non-hydrogen) atoms. The van der Waals surface area contributed by atoms with Crippen molar-refractivity contribution in [2.75, 3.05) is 25.6 Å². The van der Waals surface area contributed by atoms with Crippen LogP contribution < -0.4 is 10.1 Å². The molecule has 0 amide bonds. The van der Waals surface area contributed by atoms with E-state index in [1.807, 2.05) is 26.1 Å². The van der Waals surface area contributed by atoms with E-state index in [-0.39, 0.29) is 12.6 Å². The minimum Gasteiger partial charge on any atom is -0.475 e. The number of nitrogens with zero attached hydrogens (tertiary/aromatic N) is 3. The number of fused-ring (bicyclic) bond motifs is 1. The maximum atomic E-state index is 12.3. The number of alkyl halides is 1. The molecule has 0 aromatic carbocycles. The second kappa shape index (κ2) is 7.09. The van der Waals surface area contributed by atoms with E-state index in [4.69, 9.17) is 4.74 Å². The number of aryl methyl sites for hydroxylation is 1. The molecule has 1 atom stereocenters. The summed E-state index contributed by atoms with van der Waals surface area (Å²) in [5.41, 5.74) is 5.24. The van der Waals surface area contributed by atoms with Crippen LogP contribution in [0.3, 0.4) is 0 Å². The first-order valence-corrected chi connectivity index (χ1v) is 8.33. The van der Waals surface area contributed by atoms with Gasteiger partial charge in [-0.1, -0.05) is 6.58 Å². The van der Waals surface area contributed by atoms with Crippen molar-refractivity contribution in [2.45, 2.75) is 26.4 Å². The number of aromatic nitrogens is 2. The molecule has 2 aromatic heterocycles. The third-order valence-corrected chi connectivity index (χ3v) is 4.60. The molecule has 1 aliphatic heterocycles. The van der Waals surface area contributed by atoms with Gasteiger partial charge in [0, 0.05) is 48.4 Å². The molecule has 5 nitrogen and oxygen atoms in total. The van der Waals surface area contributed by atoms with Crippen LogP contribution in [0, 0.1) is 6.92 Å². The Morgan fingerprint density at radius 3 is 2.92 bits per heavy atom. The maximum absolute atomic E-state index is 12.3. The molecule has 0 fully saturated rings. The molecule has 0 bridgehead atoms. The number of pyridine rings is 2. The molecule has 0 aliphatic carbocycles. The lowest BCUT2D eigenvalue weighted by atomic mass is 10.1. The van der Waals surface area contributed by atoms with Crippen LogP contribution in [0.2, 0.25) is 0 Å². The van der Waals surface area contributed by atoms with Crippen LogP contribution >= 0.6 is 0 Å². The molecule has 3 rings (SSSR count). The number of halogens is 1. The molecule has 0 radical (unpaired) electrons. The van der Waals surface area contributed by atoms with Crippen molar-refractivity contribution in [1.82, 2.24) is 14.9 Å². The molecule has 6 heteroatoms. The van der Waals surface area contributed by atoms with Gasteiger partial charge in [-0.15, -0.1) is 0 Å². The standard InChI is InChI=1S/C19H23FN4O/c1-12-9-15(10-23-19(12)25-8-6-20)13(2)24-11-17-16(14(24)3)5-7-22-18(17)21-4/h5,7,9-10,13H,3,6,8,11H2,1-2,4H3,(H,21,22). The van der Waals surface area contributed by atoms with E-state index in [2.05, 4.69) is 33.7 Å². The minimum atomic E-state index is -0.521. The van der Waals surface area contributed by atoms with Gasteiger partial charge in [0.2, 0.25) is 5.88 Å². The van der Waals surface area contributed by atoms with Crippen molar-refractivity contribution in [3.8, 4) is 5.88 Å². The van der Waals surface area contributed by atoms with Gasteiger partial charge in [-0.2, -0.15) is 0 Å². The van der Waals surface area contributed by atoms with Crippen molar-refractivity contribution in [3.63, 3.8) is 0 Å². The van der Waals surface area contributed by atoms with Crippen LogP contribution in [0.1, 0.15) is 35.2 Å². The highest BCUT2D eigenvalue weighted by Gasteiger charge is 2.29. The Bertz CT molecular complexity index is 793. The molecule has 1 aliphatic rings. The zero-order valence-electron chi connectivity index (χ0n) is 14.8. The van der Waals surface area contributed by atoms with Gasteiger partial charge in [0.1, 0.15) is 19.1 Å². The number of anilines is 1. The van der Waals surface area contributed by atoms with Gasteiger partial charge >= 0.3 is 0 Å². The first-order valence-electron chi connectivity index (χ1n) is 8.33. The van der Waals surface area contributed by atoms with Crippen molar-refractivity contribution in [2.24, 2.45) is 0 Å². The predicted molar refractivity (Wildman–Crippen MR) is 97.2 cm³/mol. The fourth-order valence-electron chi connectivity index (χ4n) is 3.21. The Balaban J connectivity index is 1.84. The SMILES string of the molecule is C=C1c2ccnc(NC)c2CN1C(C)c1cnc(OCCF)c(C)c1. The van der Waals surface area contributed by atoms with Crippen molar-refractivity contribution >= 4 is 11.5 Å². The molecule has 132 valence electrons. The number of nitrogens with one attached hydrogen (secondary N) is 1. The molecule has 3 heterocycles. The molecular weight excluding hydrogens is 319 g/mol. The average molecular weight is 342 g/mol. The van der Waals surface area contributed by atoms with Crippen molar-refractivity contribution in [1.29, 1.82) is 0 Å². The molecule has 2 aromatic rings. The Hall–Kier alpha value is -2.63. The number of hydrogen-bond donors (Lipinski definition) is 1. The highest BCUT2D eigenvalue weighted by atomic mass is 19.1. The summed E-state index contributed by atoms with van der Waals surface area (Å²) in [6, 6.07) is 4.15. The first kappa shape index (κ1) is 17.2. The van der Waals surface area contributed by atoms with E-state index in [1.165, 1.54) is 0 Å². The topological polar surface area (TPSA) is 50.3 Å². The summed E-state index contributed by atoms with van der Waals surface area (Å²) in [6.07, 6.45) is 3.59. The molecule has 0 spiro atoms.